The Balaban J connectivity index is 1.99. The molecule has 0 saturated heterocycles. The van der Waals surface area contributed by atoms with Crippen LogP contribution in [0.2, 0.25) is 0 Å². The second-order valence-electron chi connectivity index (χ2n) is 2.68. The summed E-state index contributed by atoms with van der Waals surface area (Å²) in [5.41, 5.74) is 0. The standard InChI is InChI=1S/C8H15N3OS2/c1-7-10-11-8(14-7)13-6-4-9-3-5-12-2/h9H,3-6H2,1-2H3. The van der Waals surface area contributed by atoms with Gasteiger partial charge in [-0.05, 0) is 6.92 Å². The Bertz CT molecular complexity index is 254. The molecule has 0 aliphatic carbocycles. The number of hydrogen-bond donors (Lipinski definition) is 1. The number of aryl methyl sites for hydroxylation is 1. The Morgan fingerprint density at radius 2 is 2.29 bits per heavy atom. The lowest BCUT2D eigenvalue weighted by Gasteiger charge is -2.01. The Kier molecular flexibility index (Phi) is 6.09. The van der Waals surface area contributed by atoms with Gasteiger partial charge in [0.2, 0.25) is 0 Å². The average molecular weight is 233 g/mol. The summed E-state index contributed by atoms with van der Waals surface area (Å²) in [6.45, 7) is 4.63. The Morgan fingerprint density at radius 1 is 1.43 bits per heavy atom. The first-order valence-corrected chi connectivity index (χ1v) is 6.25. The highest BCUT2D eigenvalue weighted by Gasteiger charge is 1.99. The molecule has 4 nitrogen and oxygen atoms in total. The summed E-state index contributed by atoms with van der Waals surface area (Å²) in [7, 11) is 1.71. The minimum absolute atomic E-state index is 0.766. The molecule has 1 N–H and O–H groups in total. The minimum Gasteiger partial charge on any atom is -0.383 e. The molecule has 0 saturated carbocycles. The molecular formula is C8H15N3OS2. The zero-order valence-corrected chi connectivity index (χ0v) is 10.1. The smallest absolute Gasteiger partial charge is 0.174 e. The van der Waals surface area contributed by atoms with Crippen LogP contribution in [0, 0.1) is 6.92 Å². The van der Waals surface area contributed by atoms with Crippen LogP contribution < -0.4 is 5.32 Å². The van der Waals surface area contributed by atoms with Crippen LogP contribution in [0.3, 0.4) is 0 Å². The van der Waals surface area contributed by atoms with Gasteiger partial charge >= 0.3 is 0 Å². The van der Waals surface area contributed by atoms with Crippen molar-refractivity contribution in [2.45, 2.75) is 11.3 Å². The van der Waals surface area contributed by atoms with Crippen LogP contribution in [0.4, 0.5) is 0 Å². The van der Waals surface area contributed by atoms with E-state index in [4.69, 9.17) is 4.74 Å². The van der Waals surface area contributed by atoms with E-state index in [0.29, 0.717) is 0 Å². The molecule has 0 aromatic carbocycles. The van der Waals surface area contributed by atoms with Crippen LogP contribution in [-0.2, 0) is 4.74 Å². The molecule has 1 aromatic rings. The summed E-state index contributed by atoms with van der Waals surface area (Å²) in [4.78, 5) is 0. The van der Waals surface area contributed by atoms with Crippen LogP contribution in [0.1, 0.15) is 5.01 Å². The van der Waals surface area contributed by atoms with Gasteiger partial charge in [0.05, 0.1) is 6.61 Å². The highest BCUT2D eigenvalue weighted by Crippen LogP contribution is 2.20. The molecule has 0 unspecified atom stereocenters. The lowest BCUT2D eigenvalue weighted by atomic mass is 10.6. The first-order chi connectivity index (χ1) is 6.83. The quantitative estimate of drug-likeness (QED) is 0.566. The molecule has 1 rings (SSSR count). The molecular weight excluding hydrogens is 218 g/mol. The van der Waals surface area contributed by atoms with E-state index in [9.17, 15) is 0 Å². The van der Waals surface area contributed by atoms with Gasteiger partial charge in [0.15, 0.2) is 4.34 Å². The maximum atomic E-state index is 4.92. The van der Waals surface area contributed by atoms with Crippen molar-refractivity contribution in [3.05, 3.63) is 5.01 Å². The molecule has 0 aliphatic heterocycles. The van der Waals surface area contributed by atoms with Crippen molar-refractivity contribution in [2.75, 3.05) is 32.6 Å². The molecule has 0 radical (unpaired) electrons. The summed E-state index contributed by atoms with van der Waals surface area (Å²) < 4.78 is 5.97. The van der Waals surface area contributed by atoms with E-state index in [2.05, 4.69) is 15.5 Å². The number of rotatable bonds is 7. The van der Waals surface area contributed by atoms with Crippen LogP contribution >= 0.6 is 23.1 Å². The zero-order valence-electron chi connectivity index (χ0n) is 8.45. The van der Waals surface area contributed by atoms with Gasteiger partial charge in [0, 0.05) is 26.0 Å². The maximum Gasteiger partial charge on any atom is 0.174 e. The molecule has 1 aromatic heterocycles. The second kappa shape index (κ2) is 7.17. The van der Waals surface area contributed by atoms with Gasteiger partial charge in [-0.25, -0.2) is 0 Å². The normalized spacial score (nSPS) is 10.7. The second-order valence-corrected chi connectivity index (χ2v) is 5.20. The molecule has 0 bridgehead atoms. The number of ether oxygens (including phenoxy) is 1. The van der Waals surface area contributed by atoms with E-state index in [1.54, 1.807) is 30.2 Å². The van der Waals surface area contributed by atoms with Crippen LogP contribution in [0.25, 0.3) is 0 Å². The molecule has 0 fully saturated rings. The van der Waals surface area contributed by atoms with Crippen molar-refractivity contribution in [3.8, 4) is 0 Å². The number of nitrogens with zero attached hydrogens (tertiary/aromatic N) is 2. The molecule has 80 valence electrons. The number of nitrogens with one attached hydrogen (secondary N) is 1. The SMILES string of the molecule is COCCNCCSc1nnc(C)s1. The van der Waals surface area contributed by atoms with Gasteiger partial charge in [0.1, 0.15) is 5.01 Å². The minimum atomic E-state index is 0.766. The Morgan fingerprint density at radius 3 is 2.93 bits per heavy atom. The van der Waals surface area contributed by atoms with E-state index in [-0.39, 0.29) is 0 Å². The summed E-state index contributed by atoms with van der Waals surface area (Å²) >= 11 is 3.39. The van der Waals surface area contributed by atoms with Crippen molar-refractivity contribution < 1.29 is 4.74 Å². The third-order valence-corrected chi connectivity index (χ3v) is 3.47. The first kappa shape index (κ1) is 11.9. The summed E-state index contributed by atoms with van der Waals surface area (Å²) in [5, 5.41) is 12.3. The van der Waals surface area contributed by atoms with E-state index >= 15 is 0 Å². The van der Waals surface area contributed by atoms with Crippen molar-refractivity contribution in [1.29, 1.82) is 0 Å². The van der Waals surface area contributed by atoms with E-state index in [0.717, 1.165) is 34.8 Å². The number of methoxy groups -OCH3 is 1. The molecule has 0 amide bonds. The predicted molar refractivity (Wildman–Crippen MR) is 60.1 cm³/mol. The zero-order chi connectivity index (χ0) is 10.2. The van der Waals surface area contributed by atoms with Crippen molar-refractivity contribution in [2.24, 2.45) is 0 Å². The highest BCUT2D eigenvalue weighted by atomic mass is 32.2. The fraction of sp³-hybridized carbons (Fsp3) is 0.750. The highest BCUT2D eigenvalue weighted by molar-refractivity contribution is 8.01. The van der Waals surface area contributed by atoms with Crippen molar-refractivity contribution >= 4 is 23.1 Å². The first-order valence-electron chi connectivity index (χ1n) is 4.45. The summed E-state index contributed by atoms with van der Waals surface area (Å²) in [6, 6.07) is 0. The number of aromatic nitrogens is 2. The van der Waals surface area contributed by atoms with Gasteiger partial charge in [-0.2, -0.15) is 0 Å². The number of hydrogen-bond acceptors (Lipinski definition) is 6. The maximum absolute atomic E-state index is 4.92. The lowest BCUT2D eigenvalue weighted by Crippen LogP contribution is -2.21. The number of thioether (sulfide) groups is 1. The van der Waals surface area contributed by atoms with Crippen LogP contribution in [0.15, 0.2) is 4.34 Å². The molecule has 0 spiro atoms. The Hall–Kier alpha value is -0.170. The lowest BCUT2D eigenvalue weighted by molar-refractivity contribution is 0.200. The molecule has 0 aliphatic rings. The monoisotopic (exact) mass is 233 g/mol. The average Bonchev–Trinajstić information content (AvgIpc) is 2.58. The van der Waals surface area contributed by atoms with Crippen LogP contribution in [-0.4, -0.2) is 42.8 Å². The topological polar surface area (TPSA) is 47.0 Å². The summed E-state index contributed by atoms with van der Waals surface area (Å²) in [6.07, 6.45) is 0. The van der Waals surface area contributed by atoms with Gasteiger partial charge in [-0.3, -0.25) is 0 Å². The van der Waals surface area contributed by atoms with Crippen molar-refractivity contribution in [1.82, 2.24) is 15.5 Å². The van der Waals surface area contributed by atoms with Gasteiger partial charge in [0.25, 0.3) is 0 Å². The molecule has 0 atom stereocenters. The van der Waals surface area contributed by atoms with E-state index in [1.807, 2.05) is 6.92 Å². The van der Waals surface area contributed by atoms with Gasteiger partial charge < -0.3 is 10.1 Å². The summed E-state index contributed by atoms with van der Waals surface area (Å²) in [5.74, 6) is 1.03. The fourth-order valence-electron chi connectivity index (χ4n) is 0.846. The third-order valence-electron chi connectivity index (χ3n) is 1.49. The van der Waals surface area contributed by atoms with Gasteiger partial charge in [-0.15, -0.1) is 10.2 Å². The van der Waals surface area contributed by atoms with Gasteiger partial charge in [-0.1, -0.05) is 23.1 Å². The molecule has 6 heteroatoms. The molecule has 14 heavy (non-hydrogen) atoms. The largest absolute Gasteiger partial charge is 0.383 e. The van der Waals surface area contributed by atoms with E-state index < -0.39 is 0 Å². The fourth-order valence-corrected chi connectivity index (χ4v) is 2.63. The predicted octanol–water partition coefficient (Wildman–Crippen LogP) is 1.17. The van der Waals surface area contributed by atoms with E-state index in [1.165, 1.54) is 0 Å². The third kappa shape index (κ3) is 4.90. The van der Waals surface area contributed by atoms with Crippen molar-refractivity contribution in [3.63, 3.8) is 0 Å². The molecule has 1 heterocycles. The Labute approximate surface area is 92.5 Å². The van der Waals surface area contributed by atoms with Crippen LogP contribution in [0.5, 0.6) is 0 Å².